The Morgan fingerprint density at radius 2 is 1.75 bits per heavy atom. The Morgan fingerprint density at radius 1 is 1.17 bits per heavy atom. The van der Waals surface area contributed by atoms with E-state index in [9.17, 15) is 9.59 Å². The van der Waals surface area contributed by atoms with E-state index in [1.54, 1.807) is 38.4 Å². The number of methoxy groups -OCH3 is 1. The molecule has 0 radical (unpaired) electrons. The molecule has 0 bridgehead atoms. The zero-order valence-electron chi connectivity index (χ0n) is 14.5. The second-order valence-corrected chi connectivity index (χ2v) is 6.12. The van der Waals surface area contributed by atoms with Gasteiger partial charge in [-0.05, 0) is 26.0 Å². The standard InChI is InChI=1S/C17H24N4O3/c1-17(2,24-4)11-20-16(18-3)19-9-10-21-14(22)12-7-5-6-8-13(12)15(21)23/h5-8H,9-11H2,1-4H3,(H2,18,19,20). The van der Waals surface area contributed by atoms with E-state index in [1.165, 1.54) is 4.90 Å². The SMILES string of the molecule is CN=C(NCCN1C(=O)c2ccccc2C1=O)NCC(C)(C)OC. The van der Waals surface area contributed by atoms with Crippen molar-refractivity contribution < 1.29 is 14.3 Å². The van der Waals surface area contributed by atoms with Crippen LogP contribution in [0.5, 0.6) is 0 Å². The number of guanidine groups is 1. The van der Waals surface area contributed by atoms with Gasteiger partial charge in [0, 0.05) is 33.8 Å². The Hall–Kier alpha value is -2.41. The van der Waals surface area contributed by atoms with Gasteiger partial charge in [-0.25, -0.2) is 0 Å². The molecule has 24 heavy (non-hydrogen) atoms. The van der Waals surface area contributed by atoms with E-state index in [2.05, 4.69) is 15.6 Å². The van der Waals surface area contributed by atoms with E-state index < -0.39 is 0 Å². The Bertz CT molecular complexity index is 620. The van der Waals surface area contributed by atoms with Crippen LogP contribution < -0.4 is 10.6 Å². The topological polar surface area (TPSA) is 83.0 Å². The quantitative estimate of drug-likeness (QED) is 0.459. The molecule has 1 heterocycles. The summed E-state index contributed by atoms with van der Waals surface area (Å²) in [4.78, 5) is 29.9. The molecule has 0 aromatic heterocycles. The Morgan fingerprint density at radius 3 is 2.25 bits per heavy atom. The molecular weight excluding hydrogens is 308 g/mol. The number of benzene rings is 1. The van der Waals surface area contributed by atoms with Crippen LogP contribution in [0.4, 0.5) is 0 Å². The van der Waals surface area contributed by atoms with Gasteiger partial charge in [0.05, 0.1) is 16.7 Å². The van der Waals surface area contributed by atoms with Gasteiger partial charge in [0.25, 0.3) is 11.8 Å². The maximum Gasteiger partial charge on any atom is 0.261 e. The summed E-state index contributed by atoms with van der Waals surface area (Å²) in [5, 5.41) is 6.25. The van der Waals surface area contributed by atoms with Gasteiger partial charge in [0.2, 0.25) is 0 Å². The molecule has 7 nitrogen and oxygen atoms in total. The molecule has 0 fully saturated rings. The van der Waals surface area contributed by atoms with Gasteiger partial charge in [0.15, 0.2) is 5.96 Å². The lowest BCUT2D eigenvalue weighted by molar-refractivity contribution is 0.0268. The van der Waals surface area contributed by atoms with Crippen LogP contribution >= 0.6 is 0 Å². The predicted molar refractivity (Wildman–Crippen MR) is 92.3 cm³/mol. The van der Waals surface area contributed by atoms with Crippen LogP contribution in [-0.4, -0.2) is 62.1 Å². The lowest BCUT2D eigenvalue weighted by atomic mass is 10.1. The highest BCUT2D eigenvalue weighted by Gasteiger charge is 2.34. The molecular formula is C17H24N4O3. The third-order valence-electron chi connectivity index (χ3n) is 3.96. The molecule has 0 saturated heterocycles. The van der Waals surface area contributed by atoms with Crippen molar-refractivity contribution in [3.8, 4) is 0 Å². The number of hydrogen-bond acceptors (Lipinski definition) is 4. The molecule has 0 aliphatic carbocycles. The molecule has 0 saturated carbocycles. The van der Waals surface area contributed by atoms with E-state index in [4.69, 9.17) is 4.74 Å². The summed E-state index contributed by atoms with van der Waals surface area (Å²) in [5.74, 6) is 0.0958. The fourth-order valence-electron chi connectivity index (χ4n) is 2.32. The Kier molecular flexibility index (Phi) is 5.56. The summed E-state index contributed by atoms with van der Waals surface area (Å²) in [6.07, 6.45) is 0. The fraction of sp³-hybridized carbons (Fsp3) is 0.471. The van der Waals surface area contributed by atoms with Gasteiger partial charge in [-0.2, -0.15) is 0 Å². The van der Waals surface area contributed by atoms with E-state index in [-0.39, 0.29) is 24.0 Å². The lowest BCUT2D eigenvalue weighted by Gasteiger charge is -2.24. The summed E-state index contributed by atoms with van der Waals surface area (Å²) in [7, 11) is 3.32. The number of ether oxygens (including phenoxy) is 1. The number of hydrogen-bond donors (Lipinski definition) is 2. The van der Waals surface area contributed by atoms with Crippen molar-refractivity contribution in [2.24, 2.45) is 4.99 Å². The van der Waals surface area contributed by atoms with Crippen LogP contribution in [0.2, 0.25) is 0 Å². The van der Waals surface area contributed by atoms with Crippen LogP contribution in [0, 0.1) is 0 Å². The second-order valence-electron chi connectivity index (χ2n) is 6.12. The summed E-state index contributed by atoms with van der Waals surface area (Å²) in [5.41, 5.74) is 0.610. The maximum absolute atomic E-state index is 12.3. The number of nitrogens with zero attached hydrogens (tertiary/aromatic N) is 2. The highest BCUT2D eigenvalue weighted by atomic mass is 16.5. The van der Waals surface area contributed by atoms with Crippen LogP contribution in [0.1, 0.15) is 34.6 Å². The molecule has 0 atom stereocenters. The summed E-state index contributed by atoms with van der Waals surface area (Å²) in [6, 6.07) is 6.87. The van der Waals surface area contributed by atoms with E-state index in [0.29, 0.717) is 30.2 Å². The number of imide groups is 1. The summed E-state index contributed by atoms with van der Waals surface area (Å²) < 4.78 is 5.34. The van der Waals surface area contributed by atoms with Gasteiger partial charge in [-0.3, -0.25) is 19.5 Å². The van der Waals surface area contributed by atoms with Gasteiger partial charge < -0.3 is 15.4 Å². The molecule has 1 aliphatic rings. The number of fused-ring (bicyclic) bond motifs is 1. The van der Waals surface area contributed by atoms with Crippen molar-refractivity contribution >= 4 is 17.8 Å². The molecule has 7 heteroatoms. The van der Waals surface area contributed by atoms with Gasteiger partial charge in [-0.1, -0.05) is 12.1 Å². The first-order valence-electron chi connectivity index (χ1n) is 7.84. The number of amides is 2. The fourth-order valence-corrected chi connectivity index (χ4v) is 2.32. The predicted octanol–water partition coefficient (Wildman–Crippen LogP) is 0.873. The monoisotopic (exact) mass is 332 g/mol. The van der Waals surface area contributed by atoms with E-state index >= 15 is 0 Å². The van der Waals surface area contributed by atoms with Gasteiger partial charge >= 0.3 is 0 Å². The summed E-state index contributed by atoms with van der Waals surface area (Å²) >= 11 is 0. The second kappa shape index (κ2) is 7.44. The minimum absolute atomic E-state index is 0.249. The number of rotatable bonds is 6. The van der Waals surface area contributed by atoms with Gasteiger partial charge in [0.1, 0.15) is 0 Å². The first-order valence-corrected chi connectivity index (χ1v) is 7.84. The van der Waals surface area contributed by atoms with Crippen LogP contribution in [-0.2, 0) is 4.74 Å². The molecule has 0 unspecified atom stereocenters. The average molecular weight is 332 g/mol. The zero-order chi connectivity index (χ0) is 17.7. The van der Waals surface area contributed by atoms with Gasteiger partial charge in [-0.15, -0.1) is 0 Å². The lowest BCUT2D eigenvalue weighted by Crippen LogP contribution is -2.47. The highest BCUT2D eigenvalue weighted by Crippen LogP contribution is 2.21. The first-order chi connectivity index (χ1) is 11.4. The highest BCUT2D eigenvalue weighted by molar-refractivity contribution is 6.21. The number of aliphatic imine (C=N–C) groups is 1. The van der Waals surface area contributed by atoms with Crippen molar-refractivity contribution in [3.05, 3.63) is 35.4 Å². The largest absolute Gasteiger partial charge is 0.377 e. The van der Waals surface area contributed by atoms with Crippen molar-refractivity contribution in [2.75, 3.05) is 33.8 Å². The first kappa shape index (κ1) is 17.9. The van der Waals surface area contributed by atoms with Crippen LogP contribution in [0.25, 0.3) is 0 Å². The van der Waals surface area contributed by atoms with E-state index in [1.807, 2.05) is 13.8 Å². The Labute approximate surface area is 142 Å². The van der Waals surface area contributed by atoms with Crippen molar-refractivity contribution in [1.82, 2.24) is 15.5 Å². The molecule has 0 spiro atoms. The van der Waals surface area contributed by atoms with Crippen LogP contribution in [0.15, 0.2) is 29.3 Å². The number of carbonyl (C=O) groups excluding carboxylic acids is 2. The molecule has 2 N–H and O–H groups in total. The smallest absolute Gasteiger partial charge is 0.261 e. The van der Waals surface area contributed by atoms with Crippen molar-refractivity contribution in [3.63, 3.8) is 0 Å². The minimum Gasteiger partial charge on any atom is -0.377 e. The number of nitrogens with one attached hydrogen (secondary N) is 2. The Balaban J connectivity index is 1.86. The van der Waals surface area contributed by atoms with Crippen LogP contribution in [0.3, 0.4) is 0 Å². The molecule has 130 valence electrons. The molecule has 2 rings (SSSR count). The maximum atomic E-state index is 12.3. The minimum atomic E-state index is -0.319. The van der Waals surface area contributed by atoms with Crippen molar-refractivity contribution in [2.45, 2.75) is 19.4 Å². The van der Waals surface area contributed by atoms with E-state index in [0.717, 1.165) is 0 Å². The normalized spacial score (nSPS) is 14.8. The molecule has 2 amide bonds. The summed E-state index contributed by atoms with van der Waals surface area (Å²) in [6.45, 7) is 5.20. The molecule has 1 aromatic carbocycles. The third kappa shape index (κ3) is 3.91. The zero-order valence-corrected chi connectivity index (χ0v) is 14.5. The van der Waals surface area contributed by atoms with Crippen molar-refractivity contribution in [1.29, 1.82) is 0 Å². The average Bonchev–Trinajstić information content (AvgIpc) is 2.83. The molecule has 1 aromatic rings. The number of carbonyl (C=O) groups is 2. The third-order valence-corrected chi connectivity index (χ3v) is 3.96. The molecule has 1 aliphatic heterocycles.